The van der Waals surface area contributed by atoms with Crippen LogP contribution >= 0.6 is 0 Å². The average molecular weight is 582 g/mol. The van der Waals surface area contributed by atoms with Gasteiger partial charge in [0.05, 0.1) is 36.9 Å². The number of aliphatic hydroxyl groups is 3. The van der Waals surface area contributed by atoms with Crippen LogP contribution in [0, 0.1) is 23.7 Å². The lowest BCUT2D eigenvalue weighted by Crippen LogP contribution is -2.63. The summed E-state index contributed by atoms with van der Waals surface area (Å²) in [6.45, 7) is 10.9. The topological polar surface area (TPSA) is 143 Å². The van der Waals surface area contributed by atoms with Crippen molar-refractivity contribution in [3.63, 3.8) is 0 Å². The molecule has 0 radical (unpaired) electrons. The van der Waals surface area contributed by atoms with Crippen LogP contribution in [0.4, 0.5) is 0 Å². The van der Waals surface area contributed by atoms with E-state index >= 15 is 0 Å². The van der Waals surface area contributed by atoms with Crippen LogP contribution in [0.2, 0.25) is 0 Å². The van der Waals surface area contributed by atoms with Gasteiger partial charge in [0.25, 0.3) is 0 Å². The molecule has 0 spiro atoms. The largest absolute Gasteiger partial charge is 0.462 e. The van der Waals surface area contributed by atoms with E-state index in [1.165, 1.54) is 6.08 Å². The third-order valence-corrected chi connectivity index (χ3v) is 8.51. The Bertz CT molecular complexity index is 935. The van der Waals surface area contributed by atoms with Gasteiger partial charge in [0.1, 0.15) is 18.5 Å². The van der Waals surface area contributed by atoms with Gasteiger partial charge in [0.15, 0.2) is 12.1 Å². The number of cyclic esters (lactones) is 1. The number of ketones is 1. The molecule has 0 bridgehead atoms. The van der Waals surface area contributed by atoms with Crippen molar-refractivity contribution in [2.75, 3.05) is 14.1 Å². The van der Waals surface area contributed by atoms with Gasteiger partial charge in [-0.1, -0.05) is 45.4 Å². The summed E-state index contributed by atoms with van der Waals surface area (Å²) in [5.74, 6) is -2.48. The van der Waals surface area contributed by atoms with Gasteiger partial charge in [-0.15, -0.1) is 0 Å². The highest BCUT2D eigenvalue weighted by Crippen LogP contribution is 2.34. The van der Waals surface area contributed by atoms with Gasteiger partial charge in [-0.2, -0.15) is 0 Å². The summed E-state index contributed by atoms with van der Waals surface area (Å²) in [4.78, 5) is 39.5. The summed E-state index contributed by atoms with van der Waals surface area (Å²) >= 11 is 0. The second-order valence-electron chi connectivity index (χ2n) is 12.1. The summed E-state index contributed by atoms with van der Waals surface area (Å²) < 4.78 is 18.0. The molecule has 2 rings (SSSR count). The van der Waals surface area contributed by atoms with E-state index in [1.807, 2.05) is 26.8 Å². The van der Waals surface area contributed by atoms with Crippen molar-refractivity contribution in [2.24, 2.45) is 23.7 Å². The van der Waals surface area contributed by atoms with Gasteiger partial charge >= 0.3 is 5.97 Å². The maximum Gasteiger partial charge on any atom is 0.308 e. The number of carbonyl (C=O) groups is 3. The van der Waals surface area contributed by atoms with Crippen molar-refractivity contribution in [2.45, 2.75) is 116 Å². The molecule has 0 aliphatic carbocycles. The minimum absolute atomic E-state index is 0.0277. The van der Waals surface area contributed by atoms with Crippen LogP contribution in [0.1, 0.15) is 67.2 Å². The Morgan fingerprint density at radius 2 is 1.73 bits per heavy atom. The third-order valence-electron chi connectivity index (χ3n) is 8.51. The van der Waals surface area contributed by atoms with Crippen molar-refractivity contribution in [1.82, 2.24) is 4.90 Å². The molecule has 41 heavy (non-hydrogen) atoms. The Kier molecular flexibility index (Phi) is 13.8. The Morgan fingerprint density at radius 3 is 2.32 bits per heavy atom. The average Bonchev–Trinajstić information content (AvgIpc) is 2.90. The van der Waals surface area contributed by atoms with Gasteiger partial charge in [-0.3, -0.25) is 9.59 Å². The van der Waals surface area contributed by atoms with Gasteiger partial charge in [0.2, 0.25) is 0 Å². The van der Waals surface area contributed by atoms with Gasteiger partial charge < -0.3 is 39.2 Å². The normalized spacial score (nSPS) is 42.3. The Morgan fingerprint density at radius 1 is 1.07 bits per heavy atom. The first-order valence-corrected chi connectivity index (χ1v) is 14.8. The summed E-state index contributed by atoms with van der Waals surface area (Å²) in [6.07, 6.45) is -0.0195. The van der Waals surface area contributed by atoms with E-state index in [9.17, 15) is 29.7 Å². The van der Waals surface area contributed by atoms with Crippen molar-refractivity contribution < 1.29 is 43.9 Å². The van der Waals surface area contributed by atoms with Crippen molar-refractivity contribution in [1.29, 1.82) is 0 Å². The Labute approximate surface area is 244 Å². The number of aliphatic hydroxyl groups excluding tert-OH is 3. The molecular weight excluding hydrogens is 530 g/mol. The monoisotopic (exact) mass is 581 g/mol. The number of esters is 1. The number of hydrogen-bond donors (Lipinski definition) is 3. The van der Waals surface area contributed by atoms with Crippen LogP contribution in [0.25, 0.3) is 0 Å². The lowest BCUT2D eigenvalue weighted by molar-refractivity contribution is -0.304. The molecule has 10 heteroatoms. The van der Waals surface area contributed by atoms with Gasteiger partial charge in [-0.25, -0.2) is 0 Å². The fourth-order valence-electron chi connectivity index (χ4n) is 5.92. The molecule has 0 saturated carbocycles. The fraction of sp³-hybridized carbons (Fsp3) is 0.774. The molecule has 2 heterocycles. The van der Waals surface area contributed by atoms with Crippen molar-refractivity contribution in [3.05, 3.63) is 23.8 Å². The van der Waals surface area contributed by atoms with E-state index in [4.69, 9.17) is 14.2 Å². The quantitative estimate of drug-likeness (QED) is 0.316. The van der Waals surface area contributed by atoms with Crippen LogP contribution in [0.15, 0.2) is 23.8 Å². The lowest BCUT2D eigenvalue weighted by atomic mass is 9.79. The van der Waals surface area contributed by atoms with E-state index in [0.29, 0.717) is 6.42 Å². The predicted molar refractivity (Wildman–Crippen MR) is 154 cm³/mol. The van der Waals surface area contributed by atoms with Crippen LogP contribution in [0.5, 0.6) is 0 Å². The zero-order chi connectivity index (χ0) is 31.0. The number of allylic oxidation sites excluding steroid dienone is 3. The summed E-state index contributed by atoms with van der Waals surface area (Å²) in [6, 6.07) is -0.690. The molecule has 0 aromatic heterocycles. The summed E-state index contributed by atoms with van der Waals surface area (Å²) in [5.41, 5.74) is 0.856. The van der Waals surface area contributed by atoms with Crippen molar-refractivity contribution in [3.8, 4) is 0 Å². The SMILES string of the molecule is CC[C@H]1OC(=O)C[C@@H](O)[C@H](C)[C@@H](O[C@@H]2O[C@H](C)[C@@H](O)[C@H](N(C)C)[C@H]2O)C(CC=O)C[C@@H](C)C(=O)/C=C/C(C)=C/[C@H]1C. The van der Waals surface area contributed by atoms with E-state index in [2.05, 4.69) is 0 Å². The molecule has 10 nitrogen and oxygen atoms in total. The third kappa shape index (κ3) is 9.53. The maximum atomic E-state index is 13.1. The first-order valence-electron chi connectivity index (χ1n) is 14.8. The van der Waals surface area contributed by atoms with Crippen LogP contribution < -0.4 is 0 Å². The molecular formula is C31H51NO9. The van der Waals surface area contributed by atoms with E-state index < -0.39 is 72.7 Å². The van der Waals surface area contributed by atoms with Gasteiger partial charge in [0, 0.05) is 24.2 Å². The molecule has 2 aliphatic heterocycles. The highest BCUT2D eigenvalue weighted by atomic mass is 16.7. The number of nitrogens with zero attached hydrogens (tertiary/aromatic N) is 1. The highest BCUT2D eigenvalue weighted by molar-refractivity contribution is 5.91. The maximum absolute atomic E-state index is 13.1. The molecule has 3 N–H and O–H groups in total. The van der Waals surface area contributed by atoms with E-state index in [0.717, 1.165) is 11.9 Å². The zero-order valence-electron chi connectivity index (χ0n) is 25.8. The molecule has 0 aromatic rings. The van der Waals surface area contributed by atoms with Crippen LogP contribution in [-0.4, -0.2) is 101 Å². The van der Waals surface area contributed by atoms with Crippen molar-refractivity contribution >= 4 is 18.0 Å². The Hall–Kier alpha value is -1.95. The molecule has 1 fully saturated rings. The minimum Gasteiger partial charge on any atom is -0.462 e. The standard InChI is InChI=1S/C31H51NO9/c1-9-25-19(4)14-17(2)10-11-23(34)18(3)15-22(12-13-33)30(20(5)24(35)16-26(36)40-25)41-31-29(38)27(32(7)8)28(37)21(6)39-31/h10-11,13-14,18-22,24-25,27-31,35,37-38H,9,12,15-16H2,1-8H3/b11-10+,17-14+/t18-,19-,20+,21-,22?,24-,25-,27+,28-,29-,30-,31+/m1/s1. The molecule has 0 aromatic carbocycles. The number of rotatable bonds is 6. The van der Waals surface area contributed by atoms with Gasteiger partial charge in [-0.05, 0) is 52.8 Å². The molecule has 2 aliphatic rings. The fourth-order valence-corrected chi connectivity index (χ4v) is 5.92. The molecule has 1 saturated heterocycles. The summed E-state index contributed by atoms with van der Waals surface area (Å²) in [5, 5.41) is 33.0. The second-order valence-corrected chi connectivity index (χ2v) is 12.1. The number of aldehydes is 1. The number of ether oxygens (including phenoxy) is 3. The smallest absolute Gasteiger partial charge is 0.308 e. The minimum atomic E-state index is -1.24. The molecule has 12 atom stereocenters. The second kappa shape index (κ2) is 16.0. The predicted octanol–water partition coefficient (Wildman–Crippen LogP) is 2.43. The number of carbonyl (C=O) groups excluding carboxylic acids is 3. The van der Waals surface area contributed by atoms with Crippen LogP contribution in [0.3, 0.4) is 0 Å². The van der Waals surface area contributed by atoms with E-state index in [1.54, 1.807) is 45.8 Å². The number of likely N-dealkylation sites (N-methyl/N-ethyl adjacent to an activating group) is 1. The Balaban J connectivity index is 2.50. The summed E-state index contributed by atoms with van der Waals surface area (Å²) in [7, 11) is 3.46. The molecule has 234 valence electrons. The lowest BCUT2D eigenvalue weighted by Gasteiger charge is -2.46. The molecule has 0 amide bonds. The number of hydrogen-bond acceptors (Lipinski definition) is 10. The highest BCUT2D eigenvalue weighted by Gasteiger charge is 2.47. The zero-order valence-corrected chi connectivity index (χ0v) is 25.8. The molecule has 1 unspecified atom stereocenters. The van der Waals surface area contributed by atoms with E-state index in [-0.39, 0.29) is 31.0 Å². The first-order chi connectivity index (χ1) is 19.2. The van der Waals surface area contributed by atoms with Crippen LogP contribution in [-0.2, 0) is 28.6 Å². The first kappa shape index (κ1) is 35.2.